The number of ether oxygens (including phenoxy) is 3. The summed E-state index contributed by atoms with van der Waals surface area (Å²) in [4.78, 5) is 12.9. The smallest absolute Gasteiger partial charge is 0.251 e. The molecule has 4 aromatic carbocycles. The number of fused-ring (bicyclic) bond motifs is 1. The summed E-state index contributed by atoms with van der Waals surface area (Å²) in [6.07, 6.45) is 0. The van der Waals surface area contributed by atoms with Gasteiger partial charge in [0.15, 0.2) is 0 Å². The number of carbonyl (C=O) groups excluding carboxylic acids is 1. The van der Waals surface area contributed by atoms with E-state index in [-0.39, 0.29) is 12.5 Å². The predicted molar refractivity (Wildman–Crippen MR) is 144 cm³/mol. The molecule has 0 aliphatic rings. The fourth-order valence-corrected chi connectivity index (χ4v) is 4.38. The van der Waals surface area contributed by atoms with E-state index < -0.39 is 0 Å². The quantitative estimate of drug-likeness (QED) is 0.283. The molecule has 0 spiro atoms. The summed E-state index contributed by atoms with van der Waals surface area (Å²) < 4.78 is 16.2. The number of carbonyl (C=O) groups is 1. The highest BCUT2D eigenvalue weighted by molar-refractivity contribution is 5.96. The van der Waals surface area contributed by atoms with Gasteiger partial charge in [0.05, 0.1) is 44.8 Å². The Morgan fingerprint density at radius 3 is 2.24 bits per heavy atom. The van der Waals surface area contributed by atoms with Crippen LogP contribution < -0.4 is 19.5 Å². The Morgan fingerprint density at radius 2 is 1.54 bits per heavy atom. The van der Waals surface area contributed by atoms with E-state index in [0.29, 0.717) is 22.8 Å². The minimum atomic E-state index is -0.204. The first-order valence-corrected chi connectivity index (χ1v) is 11.8. The molecule has 186 valence electrons. The highest BCUT2D eigenvalue weighted by atomic mass is 16.5. The van der Waals surface area contributed by atoms with Crippen molar-refractivity contribution in [2.75, 3.05) is 21.3 Å². The number of nitrogens with one attached hydrogen (secondary N) is 2. The maximum Gasteiger partial charge on any atom is 0.251 e. The average Bonchev–Trinajstić information content (AvgIpc) is 3.45. The summed E-state index contributed by atoms with van der Waals surface area (Å²) in [7, 11) is 4.71. The maximum atomic E-state index is 12.9. The number of hydrogen-bond donors (Lipinski definition) is 2. The Balaban J connectivity index is 1.31. The second-order valence-corrected chi connectivity index (χ2v) is 8.46. The molecule has 0 fully saturated rings. The molecule has 2 N–H and O–H groups in total. The SMILES string of the molecule is COc1cc(OC)c(CNC(=O)c2ccc(-c3cc(-c4cccc5ccccc45)[nH]n3)cc2)c(OC)c1. The van der Waals surface area contributed by atoms with Gasteiger partial charge in [-0.25, -0.2) is 0 Å². The molecule has 0 aliphatic heterocycles. The summed E-state index contributed by atoms with van der Waals surface area (Å²) >= 11 is 0. The third kappa shape index (κ3) is 4.84. The normalized spacial score (nSPS) is 10.8. The van der Waals surface area contributed by atoms with Crippen molar-refractivity contribution in [1.29, 1.82) is 0 Å². The van der Waals surface area contributed by atoms with Crippen LogP contribution in [0.1, 0.15) is 15.9 Å². The molecule has 0 bridgehead atoms. The molecule has 5 aromatic rings. The van der Waals surface area contributed by atoms with E-state index in [1.165, 1.54) is 5.39 Å². The zero-order valence-corrected chi connectivity index (χ0v) is 20.9. The van der Waals surface area contributed by atoms with Crippen LogP contribution in [0.2, 0.25) is 0 Å². The molecule has 1 heterocycles. The first kappa shape index (κ1) is 23.9. The van der Waals surface area contributed by atoms with Gasteiger partial charge in [0, 0.05) is 28.8 Å². The van der Waals surface area contributed by atoms with Gasteiger partial charge in [-0.3, -0.25) is 9.89 Å². The van der Waals surface area contributed by atoms with Crippen LogP contribution in [0.25, 0.3) is 33.3 Å². The van der Waals surface area contributed by atoms with Crippen LogP contribution in [-0.2, 0) is 6.54 Å². The van der Waals surface area contributed by atoms with Gasteiger partial charge in [-0.15, -0.1) is 0 Å². The van der Waals surface area contributed by atoms with Crippen LogP contribution in [0, 0.1) is 0 Å². The first-order valence-electron chi connectivity index (χ1n) is 11.8. The summed E-state index contributed by atoms with van der Waals surface area (Å²) in [5.74, 6) is 1.56. The van der Waals surface area contributed by atoms with Gasteiger partial charge >= 0.3 is 0 Å². The first-order chi connectivity index (χ1) is 18.1. The van der Waals surface area contributed by atoms with Crippen molar-refractivity contribution in [3.63, 3.8) is 0 Å². The molecule has 37 heavy (non-hydrogen) atoms. The van der Waals surface area contributed by atoms with Crippen LogP contribution >= 0.6 is 0 Å². The predicted octanol–water partition coefficient (Wildman–Crippen LogP) is 5.85. The van der Waals surface area contributed by atoms with Crippen molar-refractivity contribution in [2.45, 2.75) is 6.54 Å². The Labute approximate surface area is 215 Å². The van der Waals surface area contributed by atoms with E-state index in [9.17, 15) is 4.79 Å². The van der Waals surface area contributed by atoms with E-state index in [1.807, 2.05) is 36.4 Å². The van der Waals surface area contributed by atoms with Crippen LogP contribution in [0.4, 0.5) is 0 Å². The second-order valence-electron chi connectivity index (χ2n) is 8.46. The lowest BCUT2D eigenvalue weighted by Crippen LogP contribution is -2.23. The number of nitrogens with zero attached hydrogens (tertiary/aromatic N) is 1. The lowest BCUT2D eigenvalue weighted by atomic mass is 10.0. The molecule has 0 saturated carbocycles. The minimum absolute atomic E-state index is 0.204. The molecule has 0 radical (unpaired) electrons. The Hall–Kier alpha value is -4.78. The summed E-state index contributed by atoms with van der Waals surface area (Å²) in [5.41, 5.74) is 5.03. The van der Waals surface area contributed by atoms with Crippen molar-refractivity contribution >= 4 is 16.7 Å². The number of amides is 1. The number of aromatic nitrogens is 2. The van der Waals surface area contributed by atoms with E-state index in [2.05, 4.69) is 39.8 Å². The molecule has 5 rings (SSSR count). The van der Waals surface area contributed by atoms with Gasteiger partial charge in [0.2, 0.25) is 0 Å². The minimum Gasteiger partial charge on any atom is -0.496 e. The van der Waals surface area contributed by atoms with Gasteiger partial charge in [-0.1, -0.05) is 54.6 Å². The van der Waals surface area contributed by atoms with Gasteiger partial charge in [0.25, 0.3) is 5.91 Å². The molecule has 0 aliphatic carbocycles. The molecule has 7 heteroatoms. The summed E-state index contributed by atoms with van der Waals surface area (Å²) in [6.45, 7) is 0.241. The fraction of sp³-hybridized carbons (Fsp3) is 0.133. The van der Waals surface area contributed by atoms with Crippen LogP contribution in [-0.4, -0.2) is 37.4 Å². The monoisotopic (exact) mass is 493 g/mol. The number of H-pyrrole nitrogens is 1. The van der Waals surface area contributed by atoms with E-state index >= 15 is 0 Å². The Kier molecular flexibility index (Phi) is 6.76. The molecule has 1 aromatic heterocycles. The highest BCUT2D eigenvalue weighted by Crippen LogP contribution is 2.34. The zero-order chi connectivity index (χ0) is 25.8. The third-order valence-electron chi connectivity index (χ3n) is 6.34. The van der Waals surface area contributed by atoms with Crippen molar-refractivity contribution in [1.82, 2.24) is 15.5 Å². The standard InChI is InChI=1S/C30H27N3O4/c1-35-22-15-28(36-2)25(29(16-22)37-3)18-31-30(34)21-13-11-20(12-14-21)26-17-27(33-32-26)24-10-6-8-19-7-4-5-9-23(19)24/h4-17H,18H2,1-3H3,(H,31,34)(H,32,33). The lowest BCUT2D eigenvalue weighted by molar-refractivity contribution is 0.0950. The highest BCUT2D eigenvalue weighted by Gasteiger charge is 2.15. The van der Waals surface area contributed by atoms with Crippen LogP contribution in [0.15, 0.2) is 84.9 Å². The third-order valence-corrected chi connectivity index (χ3v) is 6.34. The van der Waals surface area contributed by atoms with Crippen molar-refractivity contribution in [2.24, 2.45) is 0 Å². The number of benzene rings is 4. The number of aromatic amines is 1. The van der Waals surface area contributed by atoms with E-state index in [0.717, 1.165) is 33.5 Å². The van der Waals surface area contributed by atoms with Gasteiger partial charge in [-0.2, -0.15) is 5.10 Å². The molecule has 7 nitrogen and oxygen atoms in total. The number of methoxy groups -OCH3 is 3. The molecule has 0 unspecified atom stereocenters. The molecular weight excluding hydrogens is 466 g/mol. The van der Waals surface area contributed by atoms with Crippen LogP contribution in [0.5, 0.6) is 17.2 Å². The lowest BCUT2D eigenvalue weighted by Gasteiger charge is -2.15. The Bertz CT molecular complexity index is 1530. The molecule has 0 saturated heterocycles. The topological polar surface area (TPSA) is 85.5 Å². The fourth-order valence-electron chi connectivity index (χ4n) is 4.38. The number of rotatable bonds is 8. The van der Waals surface area contributed by atoms with Gasteiger partial charge in [0.1, 0.15) is 17.2 Å². The number of hydrogen-bond acceptors (Lipinski definition) is 5. The van der Waals surface area contributed by atoms with Crippen molar-refractivity contribution in [3.8, 4) is 39.8 Å². The second kappa shape index (κ2) is 10.5. The molecule has 1 amide bonds. The largest absolute Gasteiger partial charge is 0.496 e. The Morgan fingerprint density at radius 1 is 0.838 bits per heavy atom. The molecular formula is C30H27N3O4. The van der Waals surface area contributed by atoms with Crippen LogP contribution in [0.3, 0.4) is 0 Å². The molecule has 0 atom stereocenters. The van der Waals surface area contributed by atoms with Gasteiger partial charge < -0.3 is 19.5 Å². The average molecular weight is 494 g/mol. The van der Waals surface area contributed by atoms with Crippen molar-refractivity contribution < 1.29 is 19.0 Å². The van der Waals surface area contributed by atoms with Gasteiger partial charge in [-0.05, 0) is 29.0 Å². The summed E-state index contributed by atoms with van der Waals surface area (Å²) in [6, 6.07) is 27.4. The maximum absolute atomic E-state index is 12.9. The van der Waals surface area contributed by atoms with E-state index in [4.69, 9.17) is 14.2 Å². The van der Waals surface area contributed by atoms with E-state index in [1.54, 1.807) is 45.6 Å². The summed E-state index contributed by atoms with van der Waals surface area (Å²) in [5, 5.41) is 12.9. The van der Waals surface area contributed by atoms with Crippen molar-refractivity contribution in [3.05, 3.63) is 96.1 Å². The zero-order valence-electron chi connectivity index (χ0n) is 20.9.